The molecule has 0 fully saturated rings. The van der Waals surface area contributed by atoms with Crippen molar-refractivity contribution in [1.82, 2.24) is 0 Å². The van der Waals surface area contributed by atoms with Gasteiger partial charge in [-0.25, -0.2) is 0 Å². The third kappa shape index (κ3) is 2.84. The maximum absolute atomic E-state index is 5.94. The van der Waals surface area contributed by atoms with Crippen molar-refractivity contribution in [3.05, 3.63) is 65.5 Å². The van der Waals surface area contributed by atoms with Gasteiger partial charge in [0.25, 0.3) is 0 Å². The Morgan fingerprint density at radius 1 is 1.22 bits per heavy atom. The molecular formula is C17H18O. The van der Waals surface area contributed by atoms with E-state index in [1.165, 1.54) is 16.7 Å². The number of hydrogen-bond acceptors (Lipinski definition) is 1. The summed E-state index contributed by atoms with van der Waals surface area (Å²) in [6.45, 7) is 6.93. The monoisotopic (exact) mass is 238 g/mol. The van der Waals surface area contributed by atoms with Crippen LogP contribution in [0.3, 0.4) is 0 Å². The largest absolute Gasteiger partial charge is 0.489 e. The molecule has 2 rings (SSSR count). The molecule has 0 heterocycles. The van der Waals surface area contributed by atoms with Gasteiger partial charge in [0.05, 0.1) is 0 Å². The van der Waals surface area contributed by atoms with E-state index < -0.39 is 0 Å². The minimum Gasteiger partial charge on any atom is -0.489 e. The molecule has 0 aliphatic heterocycles. The number of benzene rings is 1. The van der Waals surface area contributed by atoms with Crippen molar-refractivity contribution >= 4 is 0 Å². The van der Waals surface area contributed by atoms with Crippen molar-refractivity contribution in [1.29, 1.82) is 0 Å². The van der Waals surface area contributed by atoms with Crippen molar-refractivity contribution in [3.8, 4) is 5.75 Å². The van der Waals surface area contributed by atoms with E-state index in [-0.39, 0.29) is 0 Å². The minimum atomic E-state index is 0.548. The van der Waals surface area contributed by atoms with Crippen molar-refractivity contribution in [2.45, 2.75) is 27.2 Å². The van der Waals surface area contributed by atoms with Crippen LogP contribution < -0.4 is 4.74 Å². The zero-order valence-electron chi connectivity index (χ0n) is 11.2. The van der Waals surface area contributed by atoms with Crippen LogP contribution in [0.5, 0.6) is 5.75 Å². The van der Waals surface area contributed by atoms with Crippen molar-refractivity contribution in [2.24, 2.45) is 0 Å². The molecule has 0 saturated carbocycles. The van der Waals surface area contributed by atoms with Crippen LogP contribution in [0.1, 0.15) is 23.6 Å². The summed E-state index contributed by atoms with van der Waals surface area (Å²) in [4.78, 5) is 0. The predicted molar refractivity (Wildman–Crippen MR) is 74.5 cm³/mol. The second-order valence-corrected chi connectivity index (χ2v) is 4.46. The molecule has 92 valence electrons. The van der Waals surface area contributed by atoms with E-state index in [2.05, 4.69) is 45.7 Å². The maximum atomic E-state index is 5.94. The fourth-order valence-corrected chi connectivity index (χ4v) is 2.10. The number of ether oxygens (including phenoxy) is 1. The molecule has 0 amide bonds. The van der Waals surface area contributed by atoms with E-state index in [0.29, 0.717) is 6.61 Å². The highest BCUT2D eigenvalue weighted by molar-refractivity contribution is 5.45. The molecule has 1 aliphatic carbocycles. The van der Waals surface area contributed by atoms with Gasteiger partial charge in [0.15, 0.2) is 0 Å². The second-order valence-electron chi connectivity index (χ2n) is 4.46. The number of aryl methyl sites for hydroxylation is 2. The van der Waals surface area contributed by atoms with Crippen LogP contribution in [0, 0.1) is 26.7 Å². The average Bonchev–Trinajstić information content (AvgIpc) is 2.40. The number of rotatable bonds is 4. The molecule has 18 heavy (non-hydrogen) atoms. The molecule has 1 heteroatoms. The quantitative estimate of drug-likeness (QED) is 0.773. The van der Waals surface area contributed by atoms with Gasteiger partial charge < -0.3 is 4.74 Å². The molecule has 4 radical (unpaired) electrons. The van der Waals surface area contributed by atoms with Gasteiger partial charge in [0, 0.05) is 12.8 Å². The second kappa shape index (κ2) is 5.90. The van der Waals surface area contributed by atoms with Crippen LogP contribution in [0.2, 0.25) is 0 Å². The first-order valence-corrected chi connectivity index (χ1v) is 6.31. The first kappa shape index (κ1) is 12.9. The SMILES string of the molecule is CCc1ccc(C)c(OCC2=CC=C[C][C]2)c1C. The van der Waals surface area contributed by atoms with Crippen LogP contribution in [0.15, 0.2) is 35.9 Å². The summed E-state index contributed by atoms with van der Waals surface area (Å²) in [5.41, 5.74) is 4.81. The minimum absolute atomic E-state index is 0.548. The Balaban J connectivity index is 2.13. The fraction of sp³-hybridized carbons (Fsp3) is 0.294. The molecule has 1 aliphatic rings. The summed E-state index contributed by atoms with van der Waals surface area (Å²) in [5.74, 6) is 1.01. The summed E-state index contributed by atoms with van der Waals surface area (Å²) < 4.78 is 5.94. The summed E-state index contributed by atoms with van der Waals surface area (Å²) in [6.07, 6.45) is 12.8. The van der Waals surface area contributed by atoms with Gasteiger partial charge in [-0.3, -0.25) is 0 Å². The lowest BCUT2D eigenvalue weighted by Crippen LogP contribution is -2.06. The van der Waals surface area contributed by atoms with Crippen molar-refractivity contribution in [3.63, 3.8) is 0 Å². The first-order valence-electron chi connectivity index (χ1n) is 6.31. The van der Waals surface area contributed by atoms with Gasteiger partial charge in [-0.15, -0.1) is 0 Å². The summed E-state index contributed by atoms with van der Waals surface area (Å²) >= 11 is 0. The Kier molecular flexibility index (Phi) is 4.24. The molecule has 0 atom stereocenters. The molecule has 0 spiro atoms. The van der Waals surface area contributed by atoms with Crippen molar-refractivity contribution in [2.75, 3.05) is 6.61 Å². The van der Waals surface area contributed by atoms with Crippen LogP contribution in [-0.4, -0.2) is 6.61 Å². The molecular weight excluding hydrogens is 220 g/mol. The Morgan fingerprint density at radius 3 is 2.72 bits per heavy atom. The maximum Gasteiger partial charge on any atom is 0.125 e. The van der Waals surface area contributed by atoms with Gasteiger partial charge in [-0.1, -0.05) is 37.3 Å². The summed E-state index contributed by atoms with van der Waals surface area (Å²) in [5, 5.41) is 0. The Hall–Kier alpha value is -1.50. The molecule has 1 aromatic carbocycles. The number of hydrogen-bond donors (Lipinski definition) is 0. The van der Waals surface area contributed by atoms with E-state index in [1.54, 1.807) is 0 Å². The van der Waals surface area contributed by atoms with E-state index in [1.807, 2.05) is 18.2 Å². The molecule has 0 N–H and O–H groups in total. The topological polar surface area (TPSA) is 9.23 Å². The van der Waals surface area contributed by atoms with Crippen LogP contribution >= 0.6 is 0 Å². The van der Waals surface area contributed by atoms with Gasteiger partial charge in [-0.2, -0.15) is 0 Å². The first-order chi connectivity index (χ1) is 8.72. The smallest absolute Gasteiger partial charge is 0.125 e. The van der Waals surface area contributed by atoms with Gasteiger partial charge in [-0.05, 0) is 42.5 Å². The highest BCUT2D eigenvalue weighted by Crippen LogP contribution is 2.27. The highest BCUT2D eigenvalue weighted by atomic mass is 16.5. The molecule has 0 bridgehead atoms. The van der Waals surface area contributed by atoms with Crippen molar-refractivity contribution < 1.29 is 4.74 Å². The summed E-state index contributed by atoms with van der Waals surface area (Å²) in [6, 6.07) is 4.31. The van der Waals surface area contributed by atoms with E-state index in [9.17, 15) is 0 Å². The third-order valence-electron chi connectivity index (χ3n) is 3.18. The average molecular weight is 238 g/mol. The van der Waals surface area contributed by atoms with Gasteiger partial charge in [0.1, 0.15) is 12.4 Å². The lowest BCUT2D eigenvalue weighted by molar-refractivity contribution is 0.348. The standard InChI is InChI=1S/C17H18O/c1-4-16-11-10-13(2)17(14(16)3)18-12-15-8-6-5-7-9-15/h5-6,8,10-11H,4,12H2,1-3H3. The molecule has 0 saturated heterocycles. The van der Waals surface area contributed by atoms with E-state index in [4.69, 9.17) is 4.74 Å². The Labute approximate surface area is 110 Å². The third-order valence-corrected chi connectivity index (χ3v) is 3.18. The van der Waals surface area contributed by atoms with Crippen LogP contribution in [0.25, 0.3) is 0 Å². The molecule has 1 nitrogen and oxygen atoms in total. The molecule has 1 aromatic rings. The van der Waals surface area contributed by atoms with Crippen LogP contribution in [-0.2, 0) is 6.42 Å². The Morgan fingerprint density at radius 2 is 2.06 bits per heavy atom. The van der Waals surface area contributed by atoms with E-state index >= 15 is 0 Å². The van der Waals surface area contributed by atoms with E-state index in [0.717, 1.165) is 17.7 Å². The van der Waals surface area contributed by atoms with Crippen LogP contribution in [0.4, 0.5) is 0 Å². The molecule has 0 unspecified atom stereocenters. The van der Waals surface area contributed by atoms with Gasteiger partial charge in [0.2, 0.25) is 0 Å². The zero-order valence-corrected chi connectivity index (χ0v) is 11.2. The highest BCUT2D eigenvalue weighted by Gasteiger charge is 2.09. The number of allylic oxidation sites excluding steroid dienone is 3. The zero-order chi connectivity index (χ0) is 13.0. The lowest BCUT2D eigenvalue weighted by Gasteiger charge is -2.16. The lowest BCUT2D eigenvalue weighted by atomic mass is 10.0. The van der Waals surface area contributed by atoms with Gasteiger partial charge >= 0.3 is 0 Å². The Bertz CT molecular complexity index is 481. The summed E-state index contributed by atoms with van der Waals surface area (Å²) in [7, 11) is 0. The molecule has 0 aromatic heterocycles. The normalized spacial score (nSPS) is 14.5. The fourth-order valence-electron chi connectivity index (χ4n) is 2.10. The predicted octanol–water partition coefficient (Wildman–Crippen LogP) is 3.90.